The van der Waals surface area contributed by atoms with Crippen molar-refractivity contribution >= 4 is 22.2 Å². The molecule has 0 radical (unpaired) electrons. The minimum Gasteiger partial charge on any atom is -0.339 e. The fourth-order valence-electron chi connectivity index (χ4n) is 2.45. The largest absolute Gasteiger partial charge is 0.339 e. The molecule has 0 atom stereocenters. The number of nitrogens with zero attached hydrogens (tertiary/aromatic N) is 3. The number of amides is 1. The number of aryl methyl sites for hydroxylation is 2. The molecular weight excluding hydrogens is 367 g/mol. The number of benzene rings is 1. The molecule has 0 aliphatic heterocycles. The molecule has 0 unspecified atom stereocenters. The summed E-state index contributed by atoms with van der Waals surface area (Å²) in [6, 6.07) is 9.72. The molecule has 0 aliphatic carbocycles. The number of halogens is 1. The van der Waals surface area contributed by atoms with Gasteiger partial charge in [0.2, 0.25) is 17.6 Å². The van der Waals surface area contributed by atoms with E-state index in [0.717, 1.165) is 11.3 Å². The van der Waals surface area contributed by atoms with Gasteiger partial charge in [-0.15, -0.1) is 11.3 Å². The van der Waals surface area contributed by atoms with Crippen molar-refractivity contribution in [2.75, 3.05) is 5.32 Å². The Balaban J connectivity index is 1.51. The van der Waals surface area contributed by atoms with Crippen molar-refractivity contribution in [1.29, 1.82) is 5.26 Å². The number of nitrogens with one attached hydrogen (secondary N) is 1. The second-order valence-electron chi connectivity index (χ2n) is 5.84. The van der Waals surface area contributed by atoms with E-state index >= 15 is 0 Å². The molecule has 0 spiro atoms. The molecule has 0 aliphatic rings. The number of nitriles is 1. The van der Waals surface area contributed by atoms with Crippen LogP contribution < -0.4 is 5.32 Å². The standard InChI is InChI=1S/C19H17FN4O2S/c1-2-15-10-13(11-21)19(27-15)22-16(25)4-3-5-17-23-18(24-26-17)12-6-8-14(20)9-7-12/h6-10H,2-5H2,1H3,(H,22,25). The van der Waals surface area contributed by atoms with E-state index in [1.165, 1.54) is 23.5 Å². The highest BCUT2D eigenvalue weighted by Crippen LogP contribution is 2.28. The van der Waals surface area contributed by atoms with Crippen molar-refractivity contribution in [2.24, 2.45) is 0 Å². The fraction of sp³-hybridized carbons (Fsp3) is 0.263. The van der Waals surface area contributed by atoms with Crippen LogP contribution in [0.25, 0.3) is 11.4 Å². The van der Waals surface area contributed by atoms with Crippen molar-refractivity contribution in [3.05, 3.63) is 52.5 Å². The van der Waals surface area contributed by atoms with Gasteiger partial charge < -0.3 is 9.84 Å². The smallest absolute Gasteiger partial charge is 0.226 e. The van der Waals surface area contributed by atoms with Gasteiger partial charge in [0.05, 0.1) is 5.56 Å². The number of hydrogen-bond donors (Lipinski definition) is 1. The lowest BCUT2D eigenvalue weighted by atomic mass is 10.2. The summed E-state index contributed by atoms with van der Waals surface area (Å²) in [6.45, 7) is 2.00. The van der Waals surface area contributed by atoms with Gasteiger partial charge in [-0.1, -0.05) is 12.1 Å². The Morgan fingerprint density at radius 3 is 2.85 bits per heavy atom. The summed E-state index contributed by atoms with van der Waals surface area (Å²) in [6.07, 6.45) is 2.09. The Bertz CT molecular complexity index is 973. The molecule has 3 rings (SSSR count). The number of rotatable bonds is 7. The zero-order valence-electron chi connectivity index (χ0n) is 14.7. The highest BCUT2D eigenvalue weighted by Gasteiger charge is 2.13. The van der Waals surface area contributed by atoms with Crippen LogP contribution in [0.15, 0.2) is 34.9 Å². The zero-order valence-corrected chi connectivity index (χ0v) is 15.5. The van der Waals surface area contributed by atoms with Crippen LogP contribution >= 0.6 is 11.3 Å². The Hall–Kier alpha value is -3.05. The average Bonchev–Trinajstić information content (AvgIpc) is 3.29. The highest BCUT2D eigenvalue weighted by molar-refractivity contribution is 7.16. The van der Waals surface area contributed by atoms with E-state index in [1.54, 1.807) is 18.2 Å². The first kappa shape index (κ1) is 18.7. The maximum Gasteiger partial charge on any atom is 0.226 e. The van der Waals surface area contributed by atoms with E-state index in [9.17, 15) is 9.18 Å². The zero-order chi connectivity index (χ0) is 19.2. The van der Waals surface area contributed by atoms with Crippen LogP contribution in [-0.2, 0) is 17.6 Å². The second-order valence-corrected chi connectivity index (χ2v) is 6.98. The van der Waals surface area contributed by atoms with Crippen LogP contribution in [0.3, 0.4) is 0 Å². The highest BCUT2D eigenvalue weighted by atomic mass is 32.1. The molecule has 0 bridgehead atoms. The number of carbonyl (C=O) groups is 1. The third kappa shape index (κ3) is 4.77. The van der Waals surface area contributed by atoms with Gasteiger partial charge in [0.1, 0.15) is 16.9 Å². The summed E-state index contributed by atoms with van der Waals surface area (Å²) < 4.78 is 18.1. The predicted octanol–water partition coefficient (Wildman–Crippen LogP) is 4.33. The number of anilines is 1. The Morgan fingerprint density at radius 1 is 1.37 bits per heavy atom. The molecule has 8 heteroatoms. The summed E-state index contributed by atoms with van der Waals surface area (Å²) in [7, 11) is 0. The molecule has 0 saturated heterocycles. The van der Waals surface area contributed by atoms with Gasteiger partial charge in [0, 0.05) is 23.3 Å². The first-order valence-corrected chi connectivity index (χ1v) is 9.32. The molecule has 0 saturated carbocycles. The molecule has 1 N–H and O–H groups in total. The molecule has 2 heterocycles. The van der Waals surface area contributed by atoms with Crippen LogP contribution in [0.4, 0.5) is 9.39 Å². The van der Waals surface area contributed by atoms with Gasteiger partial charge >= 0.3 is 0 Å². The lowest BCUT2D eigenvalue weighted by molar-refractivity contribution is -0.116. The third-order valence-electron chi connectivity index (χ3n) is 3.87. The minimum atomic E-state index is -0.329. The number of thiophene rings is 1. The number of aromatic nitrogens is 2. The van der Waals surface area contributed by atoms with Gasteiger partial charge in [-0.05, 0) is 43.2 Å². The number of carbonyl (C=O) groups excluding carboxylic acids is 1. The maximum absolute atomic E-state index is 13.0. The van der Waals surface area contributed by atoms with Crippen LogP contribution in [-0.4, -0.2) is 16.0 Å². The molecule has 3 aromatic rings. The molecule has 0 fully saturated rings. The SMILES string of the molecule is CCc1cc(C#N)c(NC(=O)CCCc2nc(-c3ccc(F)cc3)no2)s1. The normalized spacial score (nSPS) is 10.6. The molecule has 1 amide bonds. The van der Waals surface area contributed by atoms with E-state index in [4.69, 9.17) is 9.78 Å². The molecule has 1 aromatic carbocycles. The van der Waals surface area contributed by atoms with Gasteiger partial charge in [0.15, 0.2) is 0 Å². The maximum atomic E-state index is 13.0. The fourth-order valence-corrected chi connectivity index (χ4v) is 3.42. The summed E-state index contributed by atoms with van der Waals surface area (Å²) in [5.74, 6) is 0.321. The quantitative estimate of drug-likeness (QED) is 0.654. The first-order valence-electron chi connectivity index (χ1n) is 8.50. The van der Waals surface area contributed by atoms with Gasteiger partial charge in [-0.2, -0.15) is 10.2 Å². The van der Waals surface area contributed by atoms with Gasteiger partial charge in [-0.3, -0.25) is 4.79 Å². The second kappa shape index (κ2) is 8.56. The Morgan fingerprint density at radius 2 is 2.15 bits per heavy atom. The summed E-state index contributed by atoms with van der Waals surface area (Å²) in [5.41, 5.74) is 1.16. The van der Waals surface area contributed by atoms with Crippen molar-refractivity contribution < 1.29 is 13.7 Å². The van der Waals surface area contributed by atoms with Gasteiger partial charge in [0.25, 0.3) is 0 Å². The van der Waals surface area contributed by atoms with Crippen molar-refractivity contribution in [3.8, 4) is 17.5 Å². The first-order chi connectivity index (χ1) is 13.1. The monoisotopic (exact) mass is 384 g/mol. The topological polar surface area (TPSA) is 91.8 Å². The predicted molar refractivity (Wildman–Crippen MR) is 99.7 cm³/mol. The lowest BCUT2D eigenvalue weighted by Gasteiger charge is -2.02. The van der Waals surface area contributed by atoms with E-state index in [2.05, 4.69) is 21.5 Å². The summed E-state index contributed by atoms with van der Waals surface area (Å²) in [5, 5.41) is 16.4. The minimum absolute atomic E-state index is 0.158. The van der Waals surface area contributed by atoms with E-state index in [1.807, 2.05) is 6.92 Å². The van der Waals surface area contributed by atoms with Crippen molar-refractivity contribution in [1.82, 2.24) is 10.1 Å². The third-order valence-corrected chi connectivity index (χ3v) is 5.06. The molecule has 2 aromatic heterocycles. The molecule has 138 valence electrons. The van der Waals surface area contributed by atoms with Crippen molar-refractivity contribution in [3.63, 3.8) is 0 Å². The lowest BCUT2D eigenvalue weighted by Crippen LogP contribution is -2.11. The number of hydrogen-bond acceptors (Lipinski definition) is 6. The Labute approximate surface area is 159 Å². The van der Waals surface area contributed by atoms with E-state index < -0.39 is 0 Å². The Kier molecular flexibility index (Phi) is 5.94. The van der Waals surface area contributed by atoms with Crippen LogP contribution in [0, 0.1) is 17.1 Å². The van der Waals surface area contributed by atoms with Crippen LogP contribution in [0.5, 0.6) is 0 Å². The van der Waals surface area contributed by atoms with Crippen LogP contribution in [0.1, 0.15) is 36.1 Å². The molecular formula is C19H17FN4O2S. The van der Waals surface area contributed by atoms with Crippen molar-refractivity contribution in [2.45, 2.75) is 32.6 Å². The van der Waals surface area contributed by atoms with E-state index in [-0.39, 0.29) is 18.1 Å². The van der Waals surface area contributed by atoms with Gasteiger partial charge in [-0.25, -0.2) is 4.39 Å². The molecule has 6 nitrogen and oxygen atoms in total. The average molecular weight is 384 g/mol. The summed E-state index contributed by atoms with van der Waals surface area (Å²) >= 11 is 1.42. The molecule has 27 heavy (non-hydrogen) atoms. The van der Waals surface area contributed by atoms with E-state index in [0.29, 0.717) is 40.7 Å². The van der Waals surface area contributed by atoms with Crippen LogP contribution in [0.2, 0.25) is 0 Å². The summed E-state index contributed by atoms with van der Waals surface area (Å²) in [4.78, 5) is 17.4.